The average Bonchev–Trinajstić information content (AvgIpc) is 2.46. The van der Waals surface area contributed by atoms with Gasteiger partial charge in [0, 0.05) is 6.42 Å². The topological polar surface area (TPSA) is 17.1 Å². The summed E-state index contributed by atoms with van der Waals surface area (Å²) in [5, 5.41) is 0. The Morgan fingerprint density at radius 3 is 2.40 bits per heavy atom. The van der Waals surface area contributed by atoms with Crippen molar-refractivity contribution in [2.75, 3.05) is 0 Å². The molecule has 0 fully saturated rings. The lowest BCUT2D eigenvalue weighted by Crippen LogP contribution is -1.90. The fourth-order valence-corrected chi connectivity index (χ4v) is 1.96. The summed E-state index contributed by atoms with van der Waals surface area (Å²) in [6, 6.07) is 0. The van der Waals surface area contributed by atoms with E-state index < -0.39 is 0 Å². The smallest absolute Gasteiger partial charge is 0.163 e. The summed E-state index contributed by atoms with van der Waals surface area (Å²) < 4.78 is 0. The van der Waals surface area contributed by atoms with Gasteiger partial charge in [0.15, 0.2) is 5.78 Å². The third-order valence-corrected chi connectivity index (χ3v) is 3.26. The van der Waals surface area contributed by atoms with E-state index in [1.165, 1.54) is 36.8 Å². The van der Waals surface area contributed by atoms with Gasteiger partial charge in [-0.05, 0) is 43.4 Å². The first kappa shape index (κ1) is 12.2. The van der Waals surface area contributed by atoms with E-state index in [9.17, 15) is 4.79 Å². The molecule has 1 heteroatoms. The molecule has 0 bridgehead atoms. The van der Waals surface area contributed by atoms with Crippen LogP contribution in [0.1, 0.15) is 59.3 Å². The van der Waals surface area contributed by atoms with Crippen LogP contribution in [0.3, 0.4) is 0 Å². The maximum absolute atomic E-state index is 11.4. The number of carbonyl (C=O) groups excluding carboxylic acids is 1. The third kappa shape index (κ3) is 3.33. The Labute approximate surface area is 93.3 Å². The Hall–Kier alpha value is -0.850. The molecule has 84 valence electrons. The molecule has 0 unspecified atom stereocenters. The van der Waals surface area contributed by atoms with Gasteiger partial charge < -0.3 is 0 Å². The van der Waals surface area contributed by atoms with Crippen LogP contribution >= 0.6 is 0 Å². The SMILES string of the molecule is CCCCCC/C=C1/CC(=O)C(C)=C1C. The number of rotatable bonds is 5. The first-order chi connectivity index (χ1) is 7.16. The summed E-state index contributed by atoms with van der Waals surface area (Å²) in [5.74, 6) is 0.312. The maximum Gasteiger partial charge on any atom is 0.163 e. The van der Waals surface area contributed by atoms with Crippen molar-refractivity contribution in [3.8, 4) is 0 Å². The molecule has 0 heterocycles. The van der Waals surface area contributed by atoms with Crippen molar-refractivity contribution < 1.29 is 4.79 Å². The number of hydrogen-bond acceptors (Lipinski definition) is 1. The van der Waals surface area contributed by atoms with Crippen LogP contribution in [0.2, 0.25) is 0 Å². The molecule has 0 aromatic carbocycles. The second kappa shape index (κ2) is 5.89. The molecule has 15 heavy (non-hydrogen) atoms. The van der Waals surface area contributed by atoms with Gasteiger partial charge in [0.2, 0.25) is 0 Å². The van der Waals surface area contributed by atoms with Gasteiger partial charge in [-0.2, -0.15) is 0 Å². The third-order valence-electron chi connectivity index (χ3n) is 3.26. The predicted molar refractivity (Wildman–Crippen MR) is 64.8 cm³/mol. The standard InChI is InChI=1S/C14H22O/c1-4-5-6-7-8-9-13-10-14(15)12(3)11(13)2/h9H,4-8,10H2,1-3H3/b13-9-. The Kier molecular flexibility index (Phi) is 4.80. The highest BCUT2D eigenvalue weighted by molar-refractivity contribution is 6.01. The van der Waals surface area contributed by atoms with Crippen LogP contribution in [0.15, 0.2) is 22.8 Å². The van der Waals surface area contributed by atoms with Gasteiger partial charge in [-0.25, -0.2) is 0 Å². The predicted octanol–water partition coefficient (Wildman–Crippen LogP) is 4.19. The fourth-order valence-electron chi connectivity index (χ4n) is 1.96. The summed E-state index contributed by atoms with van der Waals surface area (Å²) in [4.78, 5) is 11.4. The van der Waals surface area contributed by atoms with Crippen LogP contribution in [-0.2, 0) is 4.79 Å². The van der Waals surface area contributed by atoms with Crippen LogP contribution in [0.25, 0.3) is 0 Å². The molecule has 0 radical (unpaired) electrons. The zero-order chi connectivity index (χ0) is 11.3. The van der Waals surface area contributed by atoms with Crippen molar-refractivity contribution in [2.24, 2.45) is 0 Å². The molecule has 1 nitrogen and oxygen atoms in total. The summed E-state index contributed by atoms with van der Waals surface area (Å²) >= 11 is 0. The number of allylic oxidation sites excluding steroid dienone is 4. The van der Waals surface area contributed by atoms with E-state index in [1.807, 2.05) is 6.92 Å². The van der Waals surface area contributed by atoms with Crippen molar-refractivity contribution in [1.29, 1.82) is 0 Å². The van der Waals surface area contributed by atoms with E-state index in [0.717, 1.165) is 12.0 Å². The molecular weight excluding hydrogens is 184 g/mol. The van der Waals surface area contributed by atoms with Crippen molar-refractivity contribution in [1.82, 2.24) is 0 Å². The van der Waals surface area contributed by atoms with E-state index in [-0.39, 0.29) is 0 Å². The molecule has 0 spiro atoms. The lowest BCUT2D eigenvalue weighted by atomic mass is 10.1. The van der Waals surface area contributed by atoms with Gasteiger partial charge in [0.1, 0.15) is 0 Å². The quantitative estimate of drug-likeness (QED) is 0.616. The van der Waals surface area contributed by atoms with Gasteiger partial charge in [-0.15, -0.1) is 0 Å². The first-order valence-electron chi connectivity index (χ1n) is 6.07. The van der Waals surface area contributed by atoms with E-state index >= 15 is 0 Å². The fraction of sp³-hybridized carbons (Fsp3) is 0.643. The number of carbonyl (C=O) groups is 1. The number of ketones is 1. The van der Waals surface area contributed by atoms with Crippen LogP contribution < -0.4 is 0 Å². The normalized spacial score (nSPS) is 19.4. The highest BCUT2D eigenvalue weighted by atomic mass is 16.1. The second-order valence-corrected chi connectivity index (χ2v) is 4.43. The summed E-state index contributed by atoms with van der Waals surface area (Å²) in [6.07, 6.45) is 9.23. The number of hydrogen-bond donors (Lipinski definition) is 0. The second-order valence-electron chi connectivity index (χ2n) is 4.43. The van der Waals surface area contributed by atoms with Crippen LogP contribution in [0.5, 0.6) is 0 Å². The molecule has 0 aliphatic heterocycles. The number of unbranched alkanes of at least 4 members (excludes halogenated alkanes) is 4. The summed E-state index contributed by atoms with van der Waals surface area (Å²) in [7, 11) is 0. The van der Waals surface area contributed by atoms with Crippen molar-refractivity contribution >= 4 is 5.78 Å². The highest BCUT2D eigenvalue weighted by Crippen LogP contribution is 2.28. The molecule has 1 aliphatic rings. The van der Waals surface area contributed by atoms with Gasteiger partial charge in [0.05, 0.1) is 0 Å². The molecule has 0 amide bonds. The largest absolute Gasteiger partial charge is 0.294 e. The molecule has 0 saturated carbocycles. The van der Waals surface area contributed by atoms with Gasteiger partial charge >= 0.3 is 0 Å². The Morgan fingerprint density at radius 1 is 1.13 bits per heavy atom. The molecule has 0 N–H and O–H groups in total. The van der Waals surface area contributed by atoms with E-state index in [2.05, 4.69) is 19.9 Å². The monoisotopic (exact) mass is 206 g/mol. The number of Topliss-reactive ketones (excluding diaryl/α,β-unsaturated/α-hetero) is 1. The zero-order valence-corrected chi connectivity index (χ0v) is 10.2. The minimum absolute atomic E-state index is 0.312. The Morgan fingerprint density at radius 2 is 1.87 bits per heavy atom. The Bertz CT molecular complexity index is 294. The van der Waals surface area contributed by atoms with Crippen LogP contribution in [0, 0.1) is 0 Å². The first-order valence-corrected chi connectivity index (χ1v) is 6.07. The molecule has 1 rings (SSSR count). The lowest BCUT2D eigenvalue weighted by molar-refractivity contribution is -0.114. The van der Waals surface area contributed by atoms with Crippen molar-refractivity contribution in [3.63, 3.8) is 0 Å². The molecule has 0 aromatic rings. The minimum Gasteiger partial charge on any atom is -0.294 e. The van der Waals surface area contributed by atoms with E-state index in [1.54, 1.807) is 0 Å². The van der Waals surface area contributed by atoms with Crippen molar-refractivity contribution in [3.05, 3.63) is 22.8 Å². The van der Waals surface area contributed by atoms with Gasteiger partial charge in [-0.3, -0.25) is 4.79 Å². The maximum atomic E-state index is 11.4. The van der Waals surface area contributed by atoms with Crippen molar-refractivity contribution in [2.45, 2.75) is 59.3 Å². The molecule has 1 aliphatic carbocycles. The average molecular weight is 206 g/mol. The molecule has 0 saturated heterocycles. The molecule has 0 aromatic heterocycles. The molecule has 0 atom stereocenters. The summed E-state index contributed by atoms with van der Waals surface area (Å²) in [6.45, 7) is 6.23. The van der Waals surface area contributed by atoms with Gasteiger partial charge in [-0.1, -0.05) is 32.3 Å². The molecular formula is C14H22O. The minimum atomic E-state index is 0.312. The zero-order valence-electron chi connectivity index (χ0n) is 10.2. The van der Waals surface area contributed by atoms with Crippen LogP contribution in [0.4, 0.5) is 0 Å². The lowest BCUT2D eigenvalue weighted by Gasteiger charge is -1.99. The van der Waals surface area contributed by atoms with Crippen LogP contribution in [-0.4, -0.2) is 5.78 Å². The van der Waals surface area contributed by atoms with E-state index in [4.69, 9.17) is 0 Å². The van der Waals surface area contributed by atoms with E-state index in [0.29, 0.717) is 12.2 Å². The van der Waals surface area contributed by atoms with Gasteiger partial charge in [0.25, 0.3) is 0 Å². The Balaban J connectivity index is 2.39. The highest BCUT2D eigenvalue weighted by Gasteiger charge is 2.20. The summed E-state index contributed by atoms with van der Waals surface area (Å²) in [5.41, 5.74) is 3.46.